The number of aryl methyl sites for hydroxylation is 1. The molecule has 0 amide bonds. The van der Waals surface area contributed by atoms with Crippen LogP contribution in [0.4, 0.5) is 17.2 Å². The predicted octanol–water partition coefficient (Wildman–Crippen LogP) is 4.17. The van der Waals surface area contributed by atoms with Gasteiger partial charge in [-0.3, -0.25) is 14.9 Å². The molecule has 0 aliphatic rings. The second-order valence-electron chi connectivity index (χ2n) is 7.21. The summed E-state index contributed by atoms with van der Waals surface area (Å²) in [6.45, 7) is 3.25. The van der Waals surface area contributed by atoms with E-state index in [4.69, 9.17) is 0 Å². The summed E-state index contributed by atoms with van der Waals surface area (Å²) >= 11 is 0. The van der Waals surface area contributed by atoms with Gasteiger partial charge in [-0.25, -0.2) is 13.4 Å². The Morgan fingerprint density at radius 3 is 2.35 bits per heavy atom. The Bertz CT molecular complexity index is 1250. The molecule has 0 spiro atoms. The van der Waals surface area contributed by atoms with Crippen LogP contribution in [-0.2, 0) is 14.6 Å². The van der Waals surface area contributed by atoms with E-state index in [1.54, 1.807) is 43.3 Å². The summed E-state index contributed by atoms with van der Waals surface area (Å²) < 4.78 is 23.5. The Kier molecular flexibility index (Phi) is 6.16. The van der Waals surface area contributed by atoms with E-state index in [1.807, 2.05) is 0 Å². The molecule has 2 aromatic carbocycles. The summed E-state index contributed by atoms with van der Waals surface area (Å²) in [5.74, 6) is -0.448. The van der Waals surface area contributed by atoms with Crippen LogP contribution in [0, 0.1) is 17.0 Å². The standard InChI is InChI=1S/C22H21N3O5S/c1-14-7-12-20(22(23-14)24-17-5-4-6-18(13-17)25(27)28)21(15(2)26)16-8-10-19(11-9-16)31(3,29)30/h4-13,21H,1-3H3,(H,23,24). The number of anilines is 2. The first-order chi connectivity index (χ1) is 14.6. The molecule has 3 rings (SSSR count). The number of nitrogens with one attached hydrogen (secondary N) is 1. The fourth-order valence-electron chi connectivity index (χ4n) is 3.28. The van der Waals surface area contributed by atoms with Crippen LogP contribution in [0.25, 0.3) is 0 Å². The van der Waals surface area contributed by atoms with E-state index in [9.17, 15) is 23.3 Å². The van der Waals surface area contributed by atoms with Gasteiger partial charge in [-0.15, -0.1) is 0 Å². The molecule has 0 saturated carbocycles. The van der Waals surface area contributed by atoms with E-state index >= 15 is 0 Å². The van der Waals surface area contributed by atoms with Crippen molar-refractivity contribution < 1.29 is 18.1 Å². The van der Waals surface area contributed by atoms with Gasteiger partial charge in [0.1, 0.15) is 11.6 Å². The predicted molar refractivity (Wildman–Crippen MR) is 117 cm³/mol. The zero-order chi connectivity index (χ0) is 22.8. The van der Waals surface area contributed by atoms with Gasteiger partial charge in [0, 0.05) is 35.3 Å². The highest BCUT2D eigenvalue weighted by Crippen LogP contribution is 2.33. The van der Waals surface area contributed by atoms with Crippen LogP contribution < -0.4 is 5.32 Å². The molecule has 0 radical (unpaired) electrons. The van der Waals surface area contributed by atoms with Crippen molar-refractivity contribution in [1.29, 1.82) is 0 Å². The van der Waals surface area contributed by atoms with Crippen molar-refractivity contribution in [1.82, 2.24) is 4.98 Å². The number of carbonyl (C=O) groups is 1. The number of nitro groups is 1. The Labute approximate surface area is 180 Å². The van der Waals surface area contributed by atoms with E-state index in [0.29, 0.717) is 28.3 Å². The third-order valence-electron chi connectivity index (χ3n) is 4.74. The number of rotatable bonds is 7. The molecule has 1 N–H and O–H groups in total. The molecule has 0 aliphatic heterocycles. The molecule has 1 atom stereocenters. The van der Waals surface area contributed by atoms with Crippen LogP contribution in [0.15, 0.2) is 65.6 Å². The molecule has 0 fully saturated rings. The number of sulfone groups is 1. The minimum absolute atomic E-state index is 0.0707. The van der Waals surface area contributed by atoms with Gasteiger partial charge in [0.05, 0.1) is 15.7 Å². The second kappa shape index (κ2) is 8.65. The molecule has 3 aromatic rings. The van der Waals surface area contributed by atoms with Crippen LogP contribution >= 0.6 is 0 Å². The van der Waals surface area contributed by atoms with Crippen molar-refractivity contribution in [2.45, 2.75) is 24.7 Å². The third-order valence-corrected chi connectivity index (χ3v) is 5.87. The summed E-state index contributed by atoms with van der Waals surface area (Å²) in [7, 11) is -3.36. The second-order valence-corrected chi connectivity index (χ2v) is 9.22. The average molecular weight is 439 g/mol. The number of Topliss-reactive ketones (excluding diaryl/α,β-unsaturated/α-hetero) is 1. The van der Waals surface area contributed by atoms with Gasteiger partial charge >= 0.3 is 0 Å². The van der Waals surface area contributed by atoms with Gasteiger partial charge in [-0.2, -0.15) is 0 Å². The van der Waals surface area contributed by atoms with Gasteiger partial charge in [0.15, 0.2) is 9.84 Å². The SMILES string of the molecule is CC(=O)C(c1ccc(S(C)(=O)=O)cc1)c1ccc(C)nc1Nc1cccc([N+](=O)[O-])c1. The number of hydrogen-bond donors (Lipinski definition) is 1. The quantitative estimate of drug-likeness (QED) is 0.433. The molecule has 1 aromatic heterocycles. The summed E-state index contributed by atoms with van der Waals surface area (Å²) in [6.07, 6.45) is 1.12. The van der Waals surface area contributed by atoms with Gasteiger partial charge in [-0.1, -0.05) is 24.3 Å². The number of non-ortho nitro benzene ring substituents is 1. The Balaban J connectivity index is 2.07. The van der Waals surface area contributed by atoms with Crippen molar-refractivity contribution in [3.8, 4) is 0 Å². The van der Waals surface area contributed by atoms with Crippen LogP contribution in [0.2, 0.25) is 0 Å². The molecule has 9 heteroatoms. The molecule has 0 saturated heterocycles. The molecular formula is C22H21N3O5S. The number of nitro benzene ring substituents is 1. The third kappa shape index (κ3) is 5.13. The summed E-state index contributed by atoms with van der Waals surface area (Å²) in [5.41, 5.74) is 2.29. The first-order valence-corrected chi connectivity index (χ1v) is 11.2. The number of ketones is 1. The molecular weight excluding hydrogens is 418 g/mol. The van der Waals surface area contributed by atoms with Gasteiger partial charge in [0.2, 0.25) is 0 Å². The van der Waals surface area contributed by atoms with Crippen molar-refractivity contribution in [3.63, 3.8) is 0 Å². The molecule has 0 aliphatic carbocycles. The van der Waals surface area contributed by atoms with E-state index in [0.717, 1.165) is 6.26 Å². The zero-order valence-corrected chi connectivity index (χ0v) is 18.0. The topological polar surface area (TPSA) is 119 Å². The highest BCUT2D eigenvalue weighted by atomic mass is 32.2. The molecule has 31 heavy (non-hydrogen) atoms. The maximum atomic E-state index is 12.6. The normalized spacial score (nSPS) is 12.2. The van der Waals surface area contributed by atoms with Crippen molar-refractivity contribution in [2.24, 2.45) is 0 Å². The summed E-state index contributed by atoms with van der Waals surface area (Å²) in [6, 6.07) is 15.7. The van der Waals surface area contributed by atoms with Gasteiger partial charge < -0.3 is 5.32 Å². The van der Waals surface area contributed by atoms with E-state index in [2.05, 4.69) is 10.3 Å². The lowest BCUT2D eigenvalue weighted by Gasteiger charge is -2.19. The van der Waals surface area contributed by atoms with Crippen LogP contribution in [0.3, 0.4) is 0 Å². The largest absolute Gasteiger partial charge is 0.340 e. The molecule has 1 heterocycles. The molecule has 8 nitrogen and oxygen atoms in total. The van der Waals surface area contributed by atoms with Gasteiger partial charge in [-0.05, 0) is 43.7 Å². The van der Waals surface area contributed by atoms with Crippen molar-refractivity contribution in [2.75, 3.05) is 11.6 Å². The Hall–Kier alpha value is -3.59. The fourth-order valence-corrected chi connectivity index (χ4v) is 3.91. The van der Waals surface area contributed by atoms with Crippen molar-refractivity contribution in [3.05, 3.63) is 87.6 Å². The Morgan fingerprint density at radius 1 is 1.10 bits per heavy atom. The van der Waals surface area contributed by atoms with Gasteiger partial charge in [0.25, 0.3) is 5.69 Å². The number of aromatic nitrogens is 1. The first kappa shape index (κ1) is 22.1. The maximum absolute atomic E-state index is 12.6. The number of benzene rings is 2. The summed E-state index contributed by atoms with van der Waals surface area (Å²) in [4.78, 5) is 27.9. The van der Waals surface area contributed by atoms with E-state index in [1.165, 1.54) is 31.2 Å². The summed E-state index contributed by atoms with van der Waals surface area (Å²) in [5, 5.41) is 14.2. The minimum atomic E-state index is -3.36. The highest BCUT2D eigenvalue weighted by molar-refractivity contribution is 7.90. The number of pyridine rings is 1. The molecule has 0 bridgehead atoms. The number of nitrogens with zero attached hydrogens (tertiary/aromatic N) is 2. The fraction of sp³-hybridized carbons (Fsp3) is 0.182. The van der Waals surface area contributed by atoms with Crippen LogP contribution in [-0.4, -0.2) is 30.4 Å². The lowest BCUT2D eigenvalue weighted by atomic mass is 9.88. The van der Waals surface area contributed by atoms with E-state index < -0.39 is 20.7 Å². The smallest absolute Gasteiger partial charge is 0.271 e. The monoisotopic (exact) mass is 439 g/mol. The lowest BCUT2D eigenvalue weighted by Crippen LogP contribution is -2.14. The van der Waals surface area contributed by atoms with Crippen LogP contribution in [0.1, 0.15) is 29.7 Å². The number of carbonyl (C=O) groups excluding carboxylic acids is 1. The molecule has 160 valence electrons. The average Bonchev–Trinajstić information content (AvgIpc) is 2.69. The molecule has 1 unspecified atom stereocenters. The van der Waals surface area contributed by atoms with Crippen molar-refractivity contribution >= 4 is 32.8 Å². The first-order valence-electron chi connectivity index (χ1n) is 9.36. The maximum Gasteiger partial charge on any atom is 0.271 e. The minimum Gasteiger partial charge on any atom is -0.340 e. The lowest BCUT2D eigenvalue weighted by molar-refractivity contribution is -0.384. The van der Waals surface area contributed by atoms with Crippen LogP contribution in [0.5, 0.6) is 0 Å². The highest BCUT2D eigenvalue weighted by Gasteiger charge is 2.24. The Morgan fingerprint density at radius 2 is 1.77 bits per heavy atom. The van der Waals surface area contributed by atoms with E-state index in [-0.39, 0.29) is 16.4 Å². The zero-order valence-electron chi connectivity index (χ0n) is 17.2. The number of hydrogen-bond acceptors (Lipinski definition) is 7.